The second-order valence-electron chi connectivity index (χ2n) is 19.2. The van der Waals surface area contributed by atoms with Crippen LogP contribution in [0.1, 0.15) is 290 Å². The number of hydrogen-bond acceptors (Lipinski definition) is 6. The van der Waals surface area contributed by atoms with Gasteiger partial charge < -0.3 is 14.2 Å². The maximum absolute atomic E-state index is 12.8. The molecule has 0 N–H and O–H groups in total. The van der Waals surface area contributed by atoms with Gasteiger partial charge in [0.1, 0.15) is 13.2 Å². The molecule has 0 aromatic heterocycles. The van der Waals surface area contributed by atoms with Gasteiger partial charge in [-0.15, -0.1) is 0 Å². The van der Waals surface area contributed by atoms with E-state index in [0.717, 1.165) is 89.9 Å². The molecule has 0 aliphatic carbocycles. The number of esters is 3. The van der Waals surface area contributed by atoms with Gasteiger partial charge in [-0.25, -0.2) is 0 Å². The molecular formula is C61H108O6. The Balaban J connectivity index is 4.22. The highest BCUT2D eigenvalue weighted by molar-refractivity contribution is 5.71. The highest BCUT2D eigenvalue weighted by Crippen LogP contribution is 2.16. The molecule has 0 spiro atoms. The molecule has 1 unspecified atom stereocenters. The average molecular weight is 938 g/mol. The first kappa shape index (κ1) is 64.1. The van der Waals surface area contributed by atoms with Crippen molar-refractivity contribution < 1.29 is 28.6 Å². The summed E-state index contributed by atoms with van der Waals surface area (Å²) in [7, 11) is 0. The van der Waals surface area contributed by atoms with Crippen LogP contribution in [0.25, 0.3) is 0 Å². The highest BCUT2D eigenvalue weighted by Gasteiger charge is 2.19. The minimum absolute atomic E-state index is 0.0748. The Morgan fingerprint density at radius 1 is 0.313 bits per heavy atom. The first-order valence-electron chi connectivity index (χ1n) is 28.8. The molecule has 0 radical (unpaired) electrons. The highest BCUT2D eigenvalue weighted by atomic mass is 16.6. The molecule has 0 amide bonds. The Morgan fingerprint density at radius 2 is 0.582 bits per heavy atom. The lowest BCUT2D eigenvalue weighted by atomic mass is 10.0. The number of unbranched alkanes of at least 4 members (excludes halogenated alkanes) is 31. The summed E-state index contributed by atoms with van der Waals surface area (Å²) in [5, 5.41) is 0. The molecule has 0 bridgehead atoms. The van der Waals surface area contributed by atoms with Crippen LogP contribution >= 0.6 is 0 Å². The molecule has 0 aliphatic rings. The van der Waals surface area contributed by atoms with Crippen molar-refractivity contribution in [3.8, 4) is 0 Å². The first-order valence-corrected chi connectivity index (χ1v) is 28.8. The number of hydrogen-bond donors (Lipinski definition) is 0. The van der Waals surface area contributed by atoms with E-state index in [0.29, 0.717) is 19.3 Å². The molecule has 0 aromatic rings. The molecule has 0 saturated carbocycles. The molecule has 0 aromatic carbocycles. The molecule has 0 saturated heterocycles. The van der Waals surface area contributed by atoms with E-state index in [-0.39, 0.29) is 31.1 Å². The first-order chi connectivity index (χ1) is 33.0. The topological polar surface area (TPSA) is 78.9 Å². The van der Waals surface area contributed by atoms with Gasteiger partial charge in [0.25, 0.3) is 0 Å². The normalized spacial score (nSPS) is 12.5. The van der Waals surface area contributed by atoms with E-state index in [9.17, 15) is 14.4 Å². The van der Waals surface area contributed by atoms with Gasteiger partial charge in [-0.3, -0.25) is 14.4 Å². The molecule has 0 heterocycles. The van der Waals surface area contributed by atoms with Crippen LogP contribution in [-0.4, -0.2) is 37.2 Å². The van der Waals surface area contributed by atoms with Gasteiger partial charge in [-0.1, -0.05) is 248 Å². The molecule has 0 aliphatic heterocycles. The third-order valence-electron chi connectivity index (χ3n) is 12.5. The summed E-state index contributed by atoms with van der Waals surface area (Å²) in [6.07, 6.45) is 69.3. The van der Waals surface area contributed by atoms with E-state index in [1.54, 1.807) is 0 Å². The second kappa shape index (κ2) is 55.7. The SMILES string of the molecule is CC/C=C\C/C=C\C/C=C\C/C=C\CCCCCCCCCCCCCCC(=O)OCC(COC(=O)CCCCCCCCCCCC)OC(=O)CCCCCCC/C=C\CCCCCCC. The number of carbonyl (C=O) groups excluding carboxylic acids is 3. The van der Waals surface area contributed by atoms with E-state index < -0.39 is 6.10 Å². The molecule has 388 valence electrons. The molecule has 6 heteroatoms. The van der Waals surface area contributed by atoms with Crippen molar-refractivity contribution in [3.05, 3.63) is 60.8 Å². The van der Waals surface area contributed by atoms with E-state index in [1.807, 2.05) is 0 Å². The van der Waals surface area contributed by atoms with Crippen LogP contribution in [0, 0.1) is 0 Å². The molecule has 67 heavy (non-hydrogen) atoms. The largest absolute Gasteiger partial charge is 0.462 e. The van der Waals surface area contributed by atoms with Crippen LogP contribution in [0.15, 0.2) is 60.8 Å². The summed E-state index contributed by atoms with van der Waals surface area (Å²) in [6, 6.07) is 0. The predicted octanol–water partition coefficient (Wildman–Crippen LogP) is 19.2. The van der Waals surface area contributed by atoms with Gasteiger partial charge in [-0.2, -0.15) is 0 Å². The number of ether oxygens (including phenoxy) is 3. The number of rotatable bonds is 52. The van der Waals surface area contributed by atoms with Gasteiger partial charge in [-0.05, 0) is 83.5 Å². The van der Waals surface area contributed by atoms with Crippen LogP contribution in [0.2, 0.25) is 0 Å². The van der Waals surface area contributed by atoms with Crippen molar-refractivity contribution in [2.24, 2.45) is 0 Å². The van der Waals surface area contributed by atoms with Crippen molar-refractivity contribution in [2.45, 2.75) is 297 Å². The molecule has 0 rings (SSSR count). The fourth-order valence-corrected chi connectivity index (χ4v) is 8.19. The van der Waals surface area contributed by atoms with Crippen molar-refractivity contribution in [1.29, 1.82) is 0 Å². The van der Waals surface area contributed by atoms with Gasteiger partial charge in [0.2, 0.25) is 0 Å². The Morgan fingerprint density at radius 3 is 0.925 bits per heavy atom. The monoisotopic (exact) mass is 937 g/mol. The van der Waals surface area contributed by atoms with E-state index in [1.165, 1.54) is 161 Å². The average Bonchev–Trinajstić information content (AvgIpc) is 3.33. The quantitative estimate of drug-likeness (QED) is 0.0262. The van der Waals surface area contributed by atoms with E-state index >= 15 is 0 Å². The van der Waals surface area contributed by atoms with Crippen LogP contribution in [0.5, 0.6) is 0 Å². The third kappa shape index (κ3) is 53.9. The lowest BCUT2D eigenvalue weighted by Crippen LogP contribution is -2.30. The summed E-state index contributed by atoms with van der Waals surface area (Å²) in [5.74, 6) is -0.877. The fourth-order valence-electron chi connectivity index (χ4n) is 8.19. The summed E-state index contributed by atoms with van der Waals surface area (Å²) < 4.78 is 16.8. The van der Waals surface area contributed by atoms with Gasteiger partial charge in [0.15, 0.2) is 6.10 Å². The summed E-state index contributed by atoms with van der Waals surface area (Å²) in [6.45, 7) is 6.52. The fraction of sp³-hybridized carbons (Fsp3) is 0.787. The Labute approximate surface area is 415 Å². The van der Waals surface area contributed by atoms with Crippen LogP contribution in [0.4, 0.5) is 0 Å². The third-order valence-corrected chi connectivity index (χ3v) is 12.5. The van der Waals surface area contributed by atoms with Crippen molar-refractivity contribution in [1.82, 2.24) is 0 Å². The molecular weight excluding hydrogens is 829 g/mol. The lowest BCUT2D eigenvalue weighted by Gasteiger charge is -2.18. The standard InChI is InChI=1S/C61H108O6/c1-4-7-10-13-16-19-22-24-26-27-28-29-30-31-32-33-34-35-36-38-39-42-45-48-51-54-60(63)66-57-58(56-65-59(62)53-50-47-44-41-21-18-15-12-9-6-3)67-61(64)55-52-49-46-43-40-37-25-23-20-17-14-11-8-5-2/h7,10,16,19,23-26,28-29,58H,4-6,8-9,11-15,17-18,20-22,27,30-57H2,1-3H3/b10-7-,19-16-,25-23-,26-24-,29-28-. The Hall–Kier alpha value is -2.89. The summed E-state index contributed by atoms with van der Waals surface area (Å²) in [4.78, 5) is 38.0. The minimum atomic E-state index is -0.775. The zero-order valence-corrected chi connectivity index (χ0v) is 44.4. The van der Waals surface area contributed by atoms with Crippen LogP contribution < -0.4 is 0 Å². The van der Waals surface area contributed by atoms with Gasteiger partial charge >= 0.3 is 17.9 Å². The van der Waals surface area contributed by atoms with Crippen molar-refractivity contribution in [3.63, 3.8) is 0 Å². The zero-order valence-electron chi connectivity index (χ0n) is 44.4. The van der Waals surface area contributed by atoms with Crippen LogP contribution in [0.3, 0.4) is 0 Å². The lowest BCUT2D eigenvalue weighted by molar-refractivity contribution is -0.167. The van der Waals surface area contributed by atoms with Gasteiger partial charge in [0.05, 0.1) is 0 Å². The maximum Gasteiger partial charge on any atom is 0.306 e. The number of carbonyl (C=O) groups is 3. The maximum atomic E-state index is 12.8. The second-order valence-corrected chi connectivity index (χ2v) is 19.2. The summed E-state index contributed by atoms with van der Waals surface area (Å²) in [5.41, 5.74) is 0. The summed E-state index contributed by atoms with van der Waals surface area (Å²) >= 11 is 0. The van der Waals surface area contributed by atoms with Crippen LogP contribution in [-0.2, 0) is 28.6 Å². The molecule has 1 atom stereocenters. The Bertz CT molecular complexity index is 1210. The predicted molar refractivity (Wildman–Crippen MR) is 288 cm³/mol. The van der Waals surface area contributed by atoms with Gasteiger partial charge in [0, 0.05) is 19.3 Å². The number of allylic oxidation sites excluding steroid dienone is 10. The zero-order chi connectivity index (χ0) is 48.6. The Kier molecular flexibility index (Phi) is 53.3. The smallest absolute Gasteiger partial charge is 0.306 e. The molecule has 6 nitrogen and oxygen atoms in total. The van der Waals surface area contributed by atoms with E-state index in [4.69, 9.17) is 14.2 Å². The van der Waals surface area contributed by atoms with Crippen molar-refractivity contribution in [2.75, 3.05) is 13.2 Å². The molecule has 0 fully saturated rings. The van der Waals surface area contributed by atoms with E-state index in [2.05, 4.69) is 81.5 Å². The minimum Gasteiger partial charge on any atom is -0.462 e. The van der Waals surface area contributed by atoms with Crippen molar-refractivity contribution >= 4 is 17.9 Å².